The van der Waals surface area contributed by atoms with Crippen molar-refractivity contribution in [1.29, 1.82) is 0 Å². The van der Waals surface area contributed by atoms with Gasteiger partial charge in [-0.15, -0.1) is 0 Å². The number of amides is 1. The molecular formula is C8H7BrN2O. The average molecular weight is 227 g/mol. The number of nitrogens with one attached hydrogen (secondary N) is 1. The summed E-state index contributed by atoms with van der Waals surface area (Å²) in [6.07, 6.45) is 7.17. The summed E-state index contributed by atoms with van der Waals surface area (Å²) in [5.74, 6) is -0.134. The number of aliphatic imine (C=N–C) groups is 1. The largest absolute Gasteiger partial charge is 0.317 e. The lowest BCUT2D eigenvalue weighted by molar-refractivity contribution is -0.122. The highest BCUT2D eigenvalue weighted by Gasteiger charge is 2.28. The van der Waals surface area contributed by atoms with Crippen molar-refractivity contribution in [2.45, 2.75) is 6.04 Å². The third-order valence-corrected chi connectivity index (χ3v) is 2.44. The second-order valence-corrected chi connectivity index (χ2v) is 3.63. The van der Waals surface area contributed by atoms with Crippen LogP contribution in [0.25, 0.3) is 0 Å². The van der Waals surface area contributed by atoms with Crippen molar-refractivity contribution in [3.8, 4) is 0 Å². The van der Waals surface area contributed by atoms with Gasteiger partial charge >= 0.3 is 0 Å². The maximum Gasteiger partial charge on any atom is 0.234 e. The molecule has 62 valence electrons. The van der Waals surface area contributed by atoms with E-state index in [-0.39, 0.29) is 17.9 Å². The lowest BCUT2D eigenvalue weighted by Gasteiger charge is -2.23. The van der Waals surface area contributed by atoms with E-state index in [0.717, 1.165) is 4.48 Å². The van der Waals surface area contributed by atoms with Crippen LogP contribution in [0.4, 0.5) is 0 Å². The maximum absolute atomic E-state index is 11.3. The highest BCUT2D eigenvalue weighted by molar-refractivity contribution is 9.11. The highest BCUT2D eigenvalue weighted by atomic mass is 79.9. The lowest BCUT2D eigenvalue weighted by atomic mass is 9.94. The number of carbonyl (C=O) groups is 1. The fraction of sp³-hybridized carbons (Fsp3) is 0.250. The van der Waals surface area contributed by atoms with Crippen LogP contribution in [-0.4, -0.2) is 18.3 Å². The molecule has 1 amide bonds. The second-order valence-electron chi connectivity index (χ2n) is 2.71. The first-order valence-electron chi connectivity index (χ1n) is 3.65. The van der Waals surface area contributed by atoms with Crippen LogP contribution in [0.5, 0.6) is 0 Å². The zero-order valence-corrected chi connectivity index (χ0v) is 7.78. The van der Waals surface area contributed by atoms with Crippen molar-refractivity contribution in [2.75, 3.05) is 0 Å². The number of carbonyl (C=O) groups excluding carboxylic acids is 1. The van der Waals surface area contributed by atoms with E-state index in [4.69, 9.17) is 0 Å². The van der Waals surface area contributed by atoms with Crippen molar-refractivity contribution in [2.24, 2.45) is 10.9 Å². The van der Waals surface area contributed by atoms with Crippen molar-refractivity contribution >= 4 is 28.2 Å². The molecule has 1 heterocycles. The van der Waals surface area contributed by atoms with Crippen LogP contribution in [0, 0.1) is 5.92 Å². The van der Waals surface area contributed by atoms with Gasteiger partial charge < -0.3 is 5.32 Å². The molecule has 1 aliphatic heterocycles. The summed E-state index contributed by atoms with van der Waals surface area (Å²) in [5, 5.41) is 2.57. The van der Waals surface area contributed by atoms with Gasteiger partial charge in [-0.1, -0.05) is 34.2 Å². The van der Waals surface area contributed by atoms with Gasteiger partial charge in [0.05, 0.1) is 18.3 Å². The van der Waals surface area contributed by atoms with Crippen LogP contribution >= 0.6 is 15.9 Å². The van der Waals surface area contributed by atoms with Crippen LogP contribution in [-0.2, 0) is 4.79 Å². The van der Waals surface area contributed by atoms with Gasteiger partial charge in [0.25, 0.3) is 0 Å². The number of hydrogen-bond donors (Lipinski definition) is 1. The molecule has 0 saturated heterocycles. The normalized spacial score (nSPS) is 32.4. The molecule has 0 bridgehead atoms. The predicted molar refractivity (Wildman–Crippen MR) is 50.1 cm³/mol. The Morgan fingerprint density at radius 2 is 2.42 bits per heavy atom. The van der Waals surface area contributed by atoms with Crippen molar-refractivity contribution in [3.63, 3.8) is 0 Å². The first-order chi connectivity index (χ1) is 5.77. The molecule has 2 aliphatic rings. The summed E-state index contributed by atoms with van der Waals surface area (Å²) in [7, 11) is 0. The van der Waals surface area contributed by atoms with Gasteiger partial charge in [0.1, 0.15) is 0 Å². The topological polar surface area (TPSA) is 41.5 Å². The average Bonchev–Trinajstić information content (AvgIpc) is 2.07. The summed E-state index contributed by atoms with van der Waals surface area (Å²) >= 11 is 3.32. The smallest absolute Gasteiger partial charge is 0.234 e. The molecule has 3 nitrogen and oxygen atoms in total. The van der Waals surface area contributed by atoms with Crippen LogP contribution in [0.3, 0.4) is 0 Å². The fourth-order valence-corrected chi connectivity index (χ4v) is 1.73. The van der Waals surface area contributed by atoms with E-state index in [2.05, 4.69) is 26.2 Å². The van der Waals surface area contributed by atoms with Gasteiger partial charge in [-0.25, -0.2) is 0 Å². The molecule has 1 aliphatic carbocycles. The highest BCUT2D eigenvalue weighted by Crippen LogP contribution is 2.24. The van der Waals surface area contributed by atoms with Crippen molar-refractivity contribution in [3.05, 3.63) is 22.7 Å². The molecular weight excluding hydrogens is 220 g/mol. The Bertz CT molecular complexity index is 306. The third kappa shape index (κ3) is 1.22. The van der Waals surface area contributed by atoms with Crippen LogP contribution in [0.1, 0.15) is 0 Å². The summed E-state index contributed by atoms with van der Waals surface area (Å²) < 4.78 is 0.941. The molecule has 2 unspecified atom stereocenters. The Labute approximate surface area is 78.4 Å². The van der Waals surface area contributed by atoms with Crippen molar-refractivity contribution < 1.29 is 4.79 Å². The monoisotopic (exact) mass is 226 g/mol. The first kappa shape index (κ1) is 7.73. The SMILES string of the molecule is O=C1NC=NC2C=CC(Br)=CC12. The molecule has 0 spiro atoms. The minimum atomic E-state index is -0.144. The molecule has 12 heavy (non-hydrogen) atoms. The number of rotatable bonds is 0. The van der Waals surface area contributed by atoms with E-state index in [1.807, 2.05) is 18.2 Å². The predicted octanol–water partition coefficient (Wildman–Crippen LogP) is 0.978. The number of halogens is 1. The van der Waals surface area contributed by atoms with Gasteiger partial charge in [-0.05, 0) is 0 Å². The van der Waals surface area contributed by atoms with Gasteiger partial charge in [0, 0.05) is 4.48 Å². The van der Waals surface area contributed by atoms with Crippen LogP contribution < -0.4 is 5.32 Å². The van der Waals surface area contributed by atoms with E-state index in [9.17, 15) is 4.79 Å². The molecule has 0 aromatic heterocycles. The Morgan fingerprint density at radius 3 is 3.25 bits per heavy atom. The Morgan fingerprint density at radius 1 is 1.58 bits per heavy atom. The van der Waals surface area contributed by atoms with Gasteiger partial charge in [0.2, 0.25) is 5.91 Å². The number of nitrogens with zero attached hydrogens (tertiary/aromatic N) is 1. The summed E-state index contributed by atoms with van der Waals surface area (Å²) in [4.78, 5) is 15.4. The molecule has 2 rings (SSSR count). The molecule has 0 aromatic carbocycles. The lowest BCUT2D eigenvalue weighted by Crippen LogP contribution is -2.40. The fourth-order valence-electron chi connectivity index (χ4n) is 1.29. The number of fused-ring (bicyclic) bond motifs is 1. The minimum Gasteiger partial charge on any atom is -0.317 e. The molecule has 0 saturated carbocycles. The Hall–Kier alpha value is -0.900. The first-order valence-corrected chi connectivity index (χ1v) is 4.44. The zero-order chi connectivity index (χ0) is 8.55. The van der Waals surface area contributed by atoms with Crippen LogP contribution in [0.2, 0.25) is 0 Å². The summed E-state index contributed by atoms with van der Waals surface area (Å²) in [6.45, 7) is 0. The molecule has 0 radical (unpaired) electrons. The molecule has 0 fully saturated rings. The Kier molecular flexibility index (Phi) is 1.84. The standard InChI is InChI=1S/C8H7BrN2O/c9-5-1-2-7-6(3-5)8(12)11-4-10-7/h1-4,6-7H,(H,10,11,12). The van der Waals surface area contributed by atoms with Crippen molar-refractivity contribution in [1.82, 2.24) is 5.32 Å². The van der Waals surface area contributed by atoms with Gasteiger partial charge in [0.15, 0.2) is 0 Å². The second kappa shape index (κ2) is 2.86. The van der Waals surface area contributed by atoms with E-state index >= 15 is 0 Å². The summed E-state index contributed by atoms with van der Waals surface area (Å²) in [5.41, 5.74) is 0. The third-order valence-electron chi connectivity index (χ3n) is 1.92. The zero-order valence-electron chi connectivity index (χ0n) is 6.20. The van der Waals surface area contributed by atoms with Crippen LogP contribution in [0.15, 0.2) is 27.7 Å². The minimum absolute atomic E-state index is 0.0105. The molecule has 1 N–H and O–H groups in total. The van der Waals surface area contributed by atoms with E-state index in [1.165, 1.54) is 6.34 Å². The number of hydrogen-bond acceptors (Lipinski definition) is 2. The summed E-state index contributed by atoms with van der Waals surface area (Å²) in [6, 6.07) is -0.0138. The van der Waals surface area contributed by atoms with Gasteiger partial charge in [-0.3, -0.25) is 9.79 Å². The Balaban J connectivity index is 2.33. The molecule has 0 aromatic rings. The van der Waals surface area contributed by atoms with E-state index < -0.39 is 0 Å². The quantitative estimate of drug-likeness (QED) is 0.658. The molecule has 2 atom stereocenters. The van der Waals surface area contributed by atoms with E-state index in [1.54, 1.807) is 0 Å². The maximum atomic E-state index is 11.3. The van der Waals surface area contributed by atoms with E-state index in [0.29, 0.717) is 0 Å². The number of allylic oxidation sites excluding steroid dienone is 2. The van der Waals surface area contributed by atoms with Gasteiger partial charge in [-0.2, -0.15) is 0 Å². The molecule has 4 heteroatoms.